The SMILES string of the molecule is C=CC1(CC(C)=NC)CC(/C=C(/CCC)C(=C(/C=C\CC)/C=C/CC)c2ccc(C)cc2)C1. The van der Waals surface area contributed by atoms with Gasteiger partial charge in [0.2, 0.25) is 0 Å². The van der Waals surface area contributed by atoms with Crippen molar-refractivity contribution in [3.8, 4) is 0 Å². The third-order valence-corrected chi connectivity index (χ3v) is 6.73. The topological polar surface area (TPSA) is 12.4 Å². The molecule has 1 aromatic rings. The van der Waals surface area contributed by atoms with Crippen LogP contribution in [0.5, 0.6) is 0 Å². The van der Waals surface area contributed by atoms with Crippen LogP contribution in [-0.2, 0) is 0 Å². The lowest BCUT2D eigenvalue weighted by Crippen LogP contribution is -2.36. The molecule has 0 atom stereocenters. The van der Waals surface area contributed by atoms with E-state index in [2.05, 4.69) is 107 Å². The van der Waals surface area contributed by atoms with Gasteiger partial charge in [-0.05, 0) is 86.0 Å². The molecule has 178 valence electrons. The molecule has 0 aromatic heterocycles. The largest absolute Gasteiger partial charge is 0.298 e. The average molecular weight is 444 g/mol. The summed E-state index contributed by atoms with van der Waals surface area (Å²) in [5.74, 6) is 0.598. The van der Waals surface area contributed by atoms with E-state index >= 15 is 0 Å². The van der Waals surface area contributed by atoms with Crippen LogP contribution >= 0.6 is 0 Å². The number of aryl methyl sites for hydroxylation is 1. The highest BCUT2D eigenvalue weighted by Gasteiger charge is 2.41. The lowest BCUT2D eigenvalue weighted by Gasteiger charge is -2.45. The third kappa shape index (κ3) is 7.56. The monoisotopic (exact) mass is 443 g/mol. The Hall–Kier alpha value is -2.41. The van der Waals surface area contributed by atoms with E-state index in [4.69, 9.17) is 0 Å². The molecule has 0 unspecified atom stereocenters. The molecular formula is C32H45N. The summed E-state index contributed by atoms with van der Waals surface area (Å²) in [6.45, 7) is 15.2. The second-order valence-corrected chi connectivity index (χ2v) is 9.63. The van der Waals surface area contributed by atoms with Gasteiger partial charge >= 0.3 is 0 Å². The van der Waals surface area contributed by atoms with E-state index in [1.54, 1.807) is 0 Å². The number of benzene rings is 1. The van der Waals surface area contributed by atoms with Gasteiger partial charge in [0.05, 0.1) is 0 Å². The van der Waals surface area contributed by atoms with Crippen molar-refractivity contribution >= 4 is 11.3 Å². The number of rotatable bonds is 12. The van der Waals surface area contributed by atoms with Gasteiger partial charge in [0, 0.05) is 12.8 Å². The summed E-state index contributed by atoms with van der Waals surface area (Å²) >= 11 is 0. The Morgan fingerprint density at radius 3 is 2.15 bits per heavy atom. The molecule has 1 aromatic carbocycles. The molecule has 1 aliphatic rings. The minimum Gasteiger partial charge on any atom is -0.298 e. The summed E-state index contributed by atoms with van der Waals surface area (Å²) in [5.41, 5.74) is 8.27. The van der Waals surface area contributed by atoms with Crippen molar-refractivity contribution in [1.29, 1.82) is 0 Å². The van der Waals surface area contributed by atoms with Gasteiger partial charge in [-0.2, -0.15) is 0 Å². The Labute approximate surface area is 203 Å². The molecule has 1 fully saturated rings. The Morgan fingerprint density at radius 2 is 1.67 bits per heavy atom. The number of hydrogen-bond acceptors (Lipinski definition) is 1. The lowest BCUT2D eigenvalue weighted by molar-refractivity contribution is 0.152. The van der Waals surface area contributed by atoms with Crippen LogP contribution in [0.2, 0.25) is 0 Å². The normalized spacial score (nSPS) is 22.5. The van der Waals surface area contributed by atoms with E-state index in [1.807, 2.05) is 7.05 Å². The smallest absolute Gasteiger partial charge is 0.0276 e. The second-order valence-electron chi connectivity index (χ2n) is 9.63. The zero-order chi connectivity index (χ0) is 24.3. The lowest BCUT2D eigenvalue weighted by atomic mass is 9.59. The first kappa shape index (κ1) is 26.8. The predicted molar refractivity (Wildman–Crippen MR) is 149 cm³/mol. The van der Waals surface area contributed by atoms with Crippen LogP contribution in [0.1, 0.15) is 83.8 Å². The fraction of sp³-hybridized carbons (Fsp3) is 0.469. The Kier molecular flexibility index (Phi) is 10.8. The van der Waals surface area contributed by atoms with E-state index in [-0.39, 0.29) is 5.41 Å². The highest BCUT2D eigenvalue weighted by Crippen LogP contribution is 2.51. The summed E-state index contributed by atoms with van der Waals surface area (Å²) in [4.78, 5) is 4.40. The molecule has 1 heteroatoms. The van der Waals surface area contributed by atoms with E-state index < -0.39 is 0 Å². The van der Waals surface area contributed by atoms with Gasteiger partial charge in [0.15, 0.2) is 0 Å². The first-order valence-corrected chi connectivity index (χ1v) is 12.8. The van der Waals surface area contributed by atoms with Crippen molar-refractivity contribution in [2.24, 2.45) is 16.3 Å². The fourth-order valence-electron chi connectivity index (χ4n) is 4.89. The van der Waals surface area contributed by atoms with Gasteiger partial charge in [-0.3, -0.25) is 4.99 Å². The van der Waals surface area contributed by atoms with Gasteiger partial charge in [-0.1, -0.05) is 93.5 Å². The molecule has 0 radical (unpaired) electrons. The van der Waals surface area contributed by atoms with Crippen LogP contribution in [0, 0.1) is 18.3 Å². The molecule has 33 heavy (non-hydrogen) atoms. The van der Waals surface area contributed by atoms with Crippen molar-refractivity contribution in [3.05, 3.63) is 89.6 Å². The highest BCUT2D eigenvalue weighted by atomic mass is 14.7. The second kappa shape index (κ2) is 13.3. The van der Waals surface area contributed by atoms with E-state index in [0.717, 1.165) is 32.1 Å². The Balaban J connectivity index is 2.54. The summed E-state index contributed by atoms with van der Waals surface area (Å²) in [7, 11) is 1.90. The summed E-state index contributed by atoms with van der Waals surface area (Å²) < 4.78 is 0. The van der Waals surface area contributed by atoms with Crippen LogP contribution in [0.25, 0.3) is 5.57 Å². The van der Waals surface area contributed by atoms with Crippen LogP contribution in [0.4, 0.5) is 0 Å². The number of hydrogen-bond donors (Lipinski definition) is 0. The molecule has 0 N–H and O–H groups in total. The molecule has 0 amide bonds. The van der Waals surface area contributed by atoms with E-state index in [0.29, 0.717) is 5.92 Å². The van der Waals surface area contributed by atoms with Crippen molar-refractivity contribution in [3.63, 3.8) is 0 Å². The number of allylic oxidation sites excluding steroid dienone is 9. The predicted octanol–water partition coefficient (Wildman–Crippen LogP) is 9.47. The average Bonchev–Trinajstić information content (AvgIpc) is 2.79. The maximum atomic E-state index is 4.40. The minimum atomic E-state index is 0.211. The van der Waals surface area contributed by atoms with Crippen LogP contribution in [0.3, 0.4) is 0 Å². The van der Waals surface area contributed by atoms with Gasteiger partial charge < -0.3 is 0 Å². The van der Waals surface area contributed by atoms with Crippen LogP contribution in [0.15, 0.2) is 83.4 Å². The van der Waals surface area contributed by atoms with Crippen molar-refractivity contribution < 1.29 is 0 Å². The quantitative estimate of drug-likeness (QED) is 0.173. The van der Waals surface area contributed by atoms with Crippen LogP contribution in [-0.4, -0.2) is 12.8 Å². The molecule has 0 heterocycles. The maximum Gasteiger partial charge on any atom is 0.0276 e. The first-order valence-electron chi connectivity index (χ1n) is 12.8. The van der Waals surface area contributed by atoms with Gasteiger partial charge in [0.1, 0.15) is 0 Å². The first-order chi connectivity index (χ1) is 15.9. The fourth-order valence-corrected chi connectivity index (χ4v) is 4.89. The number of nitrogens with zero attached hydrogens (tertiary/aromatic N) is 1. The molecule has 0 bridgehead atoms. The Bertz CT molecular complexity index is 896. The van der Waals surface area contributed by atoms with Crippen molar-refractivity contribution in [1.82, 2.24) is 0 Å². The molecule has 0 spiro atoms. The standard InChI is InChI=1S/C32H45N/c1-8-12-15-28(16-13-9-2)31(29-19-17-25(5)18-20-29)30(14-10-3)21-27-23-32(11-4,24-27)22-26(6)33-7/h11-13,15-21,27H,4,8-10,14,22-24H2,1-3,5-7H3/b15-12-,16-13+,30-21-,31-28?,33-26?. The minimum absolute atomic E-state index is 0.211. The van der Waals surface area contributed by atoms with Gasteiger partial charge in [-0.15, -0.1) is 6.58 Å². The molecule has 0 saturated heterocycles. The maximum absolute atomic E-state index is 4.40. The van der Waals surface area contributed by atoms with Crippen LogP contribution < -0.4 is 0 Å². The van der Waals surface area contributed by atoms with Crippen molar-refractivity contribution in [2.45, 2.75) is 79.6 Å². The Morgan fingerprint density at radius 1 is 1.06 bits per heavy atom. The van der Waals surface area contributed by atoms with E-state index in [1.165, 1.54) is 46.4 Å². The van der Waals surface area contributed by atoms with Crippen molar-refractivity contribution in [2.75, 3.05) is 7.05 Å². The third-order valence-electron chi connectivity index (χ3n) is 6.73. The van der Waals surface area contributed by atoms with E-state index in [9.17, 15) is 0 Å². The van der Waals surface area contributed by atoms with Gasteiger partial charge in [0.25, 0.3) is 0 Å². The summed E-state index contributed by atoms with van der Waals surface area (Å²) in [5, 5.41) is 0. The molecule has 1 saturated carbocycles. The molecule has 0 aliphatic heterocycles. The summed E-state index contributed by atoms with van der Waals surface area (Å²) in [6, 6.07) is 9.07. The van der Waals surface area contributed by atoms with Gasteiger partial charge in [-0.25, -0.2) is 0 Å². The zero-order valence-corrected chi connectivity index (χ0v) is 22.0. The molecule has 1 aliphatic carbocycles. The highest BCUT2D eigenvalue weighted by molar-refractivity contribution is 5.85. The summed E-state index contributed by atoms with van der Waals surface area (Å²) in [6.07, 6.45) is 21.7. The number of aliphatic imine (C=N–C) groups is 1. The molecule has 2 rings (SSSR count). The molecule has 1 nitrogen and oxygen atoms in total. The zero-order valence-electron chi connectivity index (χ0n) is 22.0. The molecular weight excluding hydrogens is 398 g/mol.